The predicted octanol–water partition coefficient (Wildman–Crippen LogP) is 1.52. The molecule has 26 heavy (non-hydrogen) atoms. The summed E-state index contributed by atoms with van der Waals surface area (Å²) in [5.41, 5.74) is 1.84. The third-order valence-electron chi connectivity index (χ3n) is 4.54. The van der Waals surface area contributed by atoms with Gasteiger partial charge in [-0.15, -0.1) is 0 Å². The number of hydrogen-bond acceptors (Lipinski definition) is 4. The van der Waals surface area contributed by atoms with E-state index in [1.54, 1.807) is 11.1 Å². The van der Waals surface area contributed by atoms with E-state index in [1.807, 2.05) is 48.7 Å². The highest BCUT2D eigenvalue weighted by molar-refractivity contribution is 5.92. The molecule has 0 unspecified atom stereocenters. The summed E-state index contributed by atoms with van der Waals surface area (Å²) in [4.78, 5) is 33.1. The molecule has 1 saturated heterocycles. The van der Waals surface area contributed by atoms with Gasteiger partial charge in [-0.1, -0.05) is 18.2 Å². The van der Waals surface area contributed by atoms with Crippen molar-refractivity contribution in [3.63, 3.8) is 0 Å². The first-order valence-corrected chi connectivity index (χ1v) is 8.54. The van der Waals surface area contributed by atoms with Gasteiger partial charge in [0, 0.05) is 38.4 Å². The van der Waals surface area contributed by atoms with E-state index >= 15 is 0 Å². The number of amides is 1. The number of carbonyl (C=O) groups excluding carboxylic acids is 1. The first-order valence-electron chi connectivity index (χ1n) is 8.54. The van der Waals surface area contributed by atoms with Crippen LogP contribution in [0.4, 0.5) is 5.69 Å². The van der Waals surface area contributed by atoms with Crippen LogP contribution in [0.15, 0.2) is 65.7 Å². The zero-order valence-corrected chi connectivity index (χ0v) is 14.2. The maximum atomic E-state index is 12.8. The Balaban J connectivity index is 1.47. The summed E-state index contributed by atoms with van der Waals surface area (Å²) in [5.74, 6) is -0.150. The Kier molecular flexibility index (Phi) is 4.27. The first-order chi connectivity index (χ1) is 12.7. The average molecular weight is 349 g/mol. The summed E-state index contributed by atoms with van der Waals surface area (Å²) in [7, 11) is 0. The zero-order valence-electron chi connectivity index (χ0n) is 14.2. The number of nitrogens with zero attached hydrogens (tertiary/aromatic N) is 4. The van der Waals surface area contributed by atoms with Gasteiger partial charge in [0.25, 0.3) is 11.5 Å². The molecule has 7 heteroatoms. The van der Waals surface area contributed by atoms with Gasteiger partial charge in [0.15, 0.2) is 0 Å². The molecule has 7 nitrogen and oxygen atoms in total. The number of H-pyrrole nitrogens is 1. The minimum Gasteiger partial charge on any atom is -0.367 e. The Morgan fingerprint density at radius 2 is 1.69 bits per heavy atom. The van der Waals surface area contributed by atoms with Gasteiger partial charge in [-0.3, -0.25) is 19.7 Å². The number of rotatable bonds is 3. The molecule has 1 amide bonds. The number of piperazine rings is 1. The standard InChI is InChI=1S/C19H19N5O2/c25-18-13-17(21-24(18)15-5-2-1-3-6-15)19(26)23-11-9-22(10-12-23)16-7-4-8-20-14-16/h1-8,13-14,21H,9-12H2. The molecule has 0 bridgehead atoms. The predicted molar refractivity (Wildman–Crippen MR) is 98.7 cm³/mol. The second-order valence-corrected chi connectivity index (χ2v) is 6.17. The van der Waals surface area contributed by atoms with Crippen molar-refractivity contribution in [2.24, 2.45) is 0 Å². The van der Waals surface area contributed by atoms with E-state index < -0.39 is 0 Å². The minimum absolute atomic E-state index is 0.150. The number of nitrogens with one attached hydrogen (secondary N) is 1. The summed E-state index contributed by atoms with van der Waals surface area (Å²) in [5, 5.41) is 2.93. The number of hydrogen-bond donors (Lipinski definition) is 1. The van der Waals surface area contributed by atoms with Gasteiger partial charge in [0.05, 0.1) is 17.6 Å². The number of para-hydroxylation sites is 1. The summed E-state index contributed by atoms with van der Waals surface area (Å²) < 4.78 is 1.39. The lowest BCUT2D eigenvalue weighted by Crippen LogP contribution is -2.49. The molecule has 4 rings (SSSR count). The fourth-order valence-corrected chi connectivity index (χ4v) is 3.15. The number of aromatic amines is 1. The molecule has 132 valence electrons. The van der Waals surface area contributed by atoms with E-state index in [2.05, 4.69) is 15.0 Å². The monoisotopic (exact) mass is 349 g/mol. The van der Waals surface area contributed by atoms with Crippen molar-refractivity contribution in [1.29, 1.82) is 0 Å². The van der Waals surface area contributed by atoms with Crippen molar-refractivity contribution in [2.75, 3.05) is 31.1 Å². The lowest BCUT2D eigenvalue weighted by Gasteiger charge is -2.35. The number of aromatic nitrogens is 3. The van der Waals surface area contributed by atoms with Crippen LogP contribution in [0, 0.1) is 0 Å². The highest BCUT2D eigenvalue weighted by Gasteiger charge is 2.24. The Bertz CT molecular complexity index is 941. The third kappa shape index (κ3) is 3.11. The number of carbonyl (C=O) groups is 1. The second kappa shape index (κ2) is 6.87. The van der Waals surface area contributed by atoms with E-state index in [9.17, 15) is 9.59 Å². The minimum atomic E-state index is -0.242. The Labute approximate surface area is 150 Å². The van der Waals surface area contributed by atoms with Crippen LogP contribution in [0.5, 0.6) is 0 Å². The molecule has 1 aromatic carbocycles. The van der Waals surface area contributed by atoms with E-state index in [0.29, 0.717) is 24.5 Å². The molecule has 1 N–H and O–H groups in total. The lowest BCUT2D eigenvalue weighted by molar-refractivity contribution is 0.0740. The Hall–Kier alpha value is -3.35. The van der Waals surface area contributed by atoms with Gasteiger partial charge in [0.2, 0.25) is 0 Å². The van der Waals surface area contributed by atoms with Crippen LogP contribution < -0.4 is 10.5 Å². The lowest BCUT2D eigenvalue weighted by atomic mass is 10.2. The van der Waals surface area contributed by atoms with Crippen LogP contribution in [0.25, 0.3) is 5.69 Å². The van der Waals surface area contributed by atoms with Crippen molar-refractivity contribution < 1.29 is 4.79 Å². The van der Waals surface area contributed by atoms with Crippen LogP contribution in [0.1, 0.15) is 10.5 Å². The summed E-state index contributed by atoms with van der Waals surface area (Å²) in [6, 6.07) is 14.5. The summed E-state index contributed by atoms with van der Waals surface area (Å²) in [6.45, 7) is 2.68. The molecule has 3 heterocycles. The second-order valence-electron chi connectivity index (χ2n) is 6.17. The molecular weight excluding hydrogens is 330 g/mol. The number of anilines is 1. The molecular formula is C19H19N5O2. The van der Waals surface area contributed by atoms with Crippen molar-refractivity contribution in [1.82, 2.24) is 19.7 Å². The highest BCUT2D eigenvalue weighted by atomic mass is 16.2. The molecule has 3 aromatic rings. The van der Waals surface area contributed by atoms with Crippen molar-refractivity contribution in [3.05, 3.63) is 77.0 Å². The van der Waals surface area contributed by atoms with Crippen LogP contribution in [-0.4, -0.2) is 51.8 Å². The SMILES string of the molecule is O=C(c1cc(=O)n(-c2ccccc2)[nH]1)N1CCN(c2cccnc2)CC1. The van der Waals surface area contributed by atoms with Gasteiger partial charge >= 0.3 is 0 Å². The number of benzene rings is 1. The van der Waals surface area contributed by atoms with Crippen molar-refractivity contribution in [3.8, 4) is 5.69 Å². The van der Waals surface area contributed by atoms with Gasteiger partial charge in [-0.05, 0) is 24.3 Å². The fraction of sp³-hybridized carbons (Fsp3) is 0.211. The molecule has 0 spiro atoms. The summed E-state index contributed by atoms with van der Waals surface area (Å²) >= 11 is 0. The first kappa shape index (κ1) is 16.1. The Morgan fingerprint density at radius 1 is 0.962 bits per heavy atom. The third-order valence-corrected chi connectivity index (χ3v) is 4.54. The van der Waals surface area contributed by atoms with Crippen molar-refractivity contribution >= 4 is 11.6 Å². The smallest absolute Gasteiger partial charge is 0.272 e. The van der Waals surface area contributed by atoms with Gasteiger partial charge < -0.3 is 9.80 Å². The van der Waals surface area contributed by atoms with Crippen LogP contribution >= 0.6 is 0 Å². The molecule has 0 saturated carbocycles. The van der Waals surface area contributed by atoms with Crippen LogP contribution in [-0.2, 0) is 0 Å². The van der Waals surface area contributed by atoms with Crippen LogP contribution in [0.2, 0.25) is 0 Å². The Morgan fingerprint density at radius 3 is 2.38 bits per heavy atom. The van der Waals surface area contributed by atoms with E-state index in [1.165, 1.54) is 10.7 Å². The maximum absolute atomic E-state index is 12.8. The molecule has 1 fully saturated rings. The molecule has 0 aliphatic carbocycles. The summed E-state index contributed by atoms with van der Waals surface area (Å²) in [6.07, 6.45) is 3.58. The average Bonchev–Trinajstić information content (AvgIpc) is 3.10. The molecule has 1 aliphatic rings. The molecule has 0 radical (unpaired) electrons. The normalized spacial score (nSPS) is 14.5. The van der Waals surface area contributed by atoms with Crippen molar-refractivity contribution in [2.45, 2.75) is 0 Å². The van der Waals surface area contributed by atoms with E-state index in [4.69, 9.17) is 0 Å². The quantitative estimate of drug-likeness (QED) is 0.778. The highest BCUT2D eigenvalue weighted by Crippen LogP contribution is 2.15. The molecule has 2 aromatic heterocycles. The van der Waals surface area contributed by atoms with E-state index in [0.717, 1.165) is 18.8 Å². The number of pyridine rings is 1. The topological polar surface area (TPSA) is 74.2 Å². The zero-order chi connectivity index (χ0) is 17.9. The van der Waals surface area contributed by atoms with Gasteiger partial charge in [-0.25, -0.2) is 4.68 Å². The van der Waals surface area contributed by atoms with Gasteiger partial charge in [0.1, 0.15) is 5.69 Å². The van der Waals surface area contributed by atoms with Crippen LogP contribution in [0.3, 0.4) is 0 Å². The molecule has 0 atom stereocenters. The molecule has 1 aliphatic heterocycles. The maximum Gasteiger partial charge on any atom is 0.272 e. The van der Waals surface area contributed by atoms with Gasteiger partial charge in [-0.2, -0.15) is 0 Å². The largest absolute Gasteiger partial charge is 0.367 e. The van der Waals surface area contributed by atoms with E-state index in [-0.39, 0.29) is 11.5 Å². The fourth-order valence-electron chi connectivity index (χ4n) is 3.15.